The topological polar surface area (TPSA) is 41.6 Å². The second-order valence-corrected chi connectivity index (χ2v) is 6.11. The van der Waals surface area contributed by atoms with E-state index < -0.39 is 0 Å². The Morgan fingerprint density at radius 1 is 1.50 bits per heavy atom. The number of rotatable bonds is 7. The molecule has 0 spiro atoms. The second-order valence-electron chi connectivity index (χ2n) is 6.11. The van der Waals surface area contributed by atoms with Crippen LogP contribution < -0.4 is 5.32 Å². The monoisotopic (exact) mass is 256 g/mol. The molecule has 106 valence electrons. The quantitative estimate of drug-likeness (QED) is 0.701. The van der Waals surface area contributed by atoms with Crippen molar-refractivity contribution >= 4 is 5.97 Å². The summed E-state index contributed by atoms with van der Waals surface area (Å²) in [5, 5.41) is 3.41. The molecule has 0 aromatic heterocycles. The molecular formula is C14H28N2O2. The lowest BCUT2D eigenvalue weighted by molar-refractivity contribution is -0.144. The second kappa shape index (κ2) is 7.10. The minimum Gasteiger partial charge on any atom is -0.465 e. The standard InChI is InChI=1S/C14H28N2O2/c1-5-18-13(17)9-16(8-12(2)3)11-14(4)6-7-15-10-14/h12,15H,5-11H2,1-4H3. The van der Waals surface area contributed by atoms with Crippen molar-refractivity contribution in [2.24, 2.45) is 11.3 Å². The Labute approximate surface area is 111 Å². The summed E-state index contributed by atoms with van der Waals surface area (Å²) in [4.78, 5) is 13.9. The van der Waals surface area contributed by atoms with E-state index in [0.29, 0.717) is 24.5 Å². The highest BCUT2D eigenvalue weighted by Crippen LogP contribution is 2.25. The Bertz CT molecular complexity index is 261. The predicted octanol–water partition coefficient (Wildman–Crippen LogP) is 1.51. The molecule has 1 fully saturated rings. The van der Waals surface area contributed by atoms with Gasteiger partial charge in [-0.3, -0.25) is 9.69 Å². The lowest BCUT2D eigenvalue weighted by Crippen LogP contribution is -2.42. The van der Waals surface area contributed by atoms with Gasteiger partial charge in [0.25, 0.3) is 0 Å². The number of hydrogen-bond donors (Lipinski definition) is 1. The number of carbonyl (C=O) groups is 1. The lowest BCUT2D eigenvalue weighted by atomic mass is 9.89. The van der Waals surface area contributed by atoms with Gasteiger partial charge in [-0.25, -0.2) is 0 Å². The van der Waals surface area contributed by atoms with Gasteiger partial charge in [0, 0.05) is 19.6 Å². The van der Waals surface area contributed by atoms with Gasteiger partial charge in [-0.1, -0.05) is 20.8 Å². The molecule has 0 amide bonds. The molecule has 0 aliphatic carbocycles. The van der Waals surface area contributed by atoms with Crippen molar-refractivity contribution in [3.8, 4) is 0 Å². The van der Waals surface area contributed by atoms with Crippen molar-refractivity contribution < 1.29 is 9.53 Å². The van der Waals surface area contributed by atoms with Crippen LogP contribution in [0.3, 0.4) is 0 Å². The molecule has 0 aromatic rings. The van der Waals surface area contributed by atoms with Crippen molar-refractivity contribution in [1.29, 1.82) is 0 Å². The van der Waals surface area contributed by atoms with Crippen molar-refractivity contribution in [1.82, 2.24) is 10.2 Å². The SMILES string of the molecule is CCOC(=O)CN(CC(C)C)CC1(C)CCNC1. The van der Waals surface area contributed by atoms with Gasteiger partial charge in [0.1, 0.15) is 0 Å². The Morgan fingerprint density at radius 3 is 2.72 bits per heavy atom. The number of nitrogens with one attached hydrogen (secondary N) is 1. The fraction of sp³-hybridized carbons (Fsp3) is 0.929. The largest absolute Gasteiger partial charge is 0.465 e. The Hall–Kier alpha value is -0.610. The first-order chi connectivity index (χ1) is 8.45. The molecule has 1 atom stereocenters. The summed E-state index contributed by atoms with van der Waals surface area (Å²) in [6, 6.07) is 0. The fourth-order valence-electron chi connectivity index (χ4n) is 2.63. The third kappa shape index (κ3) is 5.36. The van der Waals surface area contributed by atoms with Crippen molar-refractivity contribution in [2.45, 2.75) is 34.1 Å². The fourth-order valence-corrected chi connectivity index (χ4v) is 2.63. The Balaban J connectivity index is 2.51. The zero-order chi connectivity index (χ0) is 13.6. The Morgan fingerprint density at radius 2 is 2.22 bits per heavy atom. The van der Waals surface area contributed by atoms with Crippen LogP contribution in [0.25, 0.3) is 0 Å². The third-order valence-electron chi connectivity index (χ3n) is 3.34. The molecule has 1 heterocycles. The van der Waals surface area contributed by atoms with Crippen LogP contribution in [-0.2, 0) is 9.53 Å². The number of nitrogens with zero attached hydrogens (tertiary/aromatic N) is 1. The van der Waals surface area contributed by atoms with Gasteiger partial charge >= 0.3 is 5.97 Å². The minimum absolute atomic E-state index is 0.104. The summed E-state index contributed by atoms with van der Waals surface area (Å²) in [6.07, 6.45) is 1.18. The lowest BCUT2D eigenvalue weighted by Gasteiger charge is -2.32. The van der Waals surface area contributed by atoms with Crippen LogP contribution in [-0.4, -0.2) is 50.2 Å². The first-order valence-corrected chi connectivity index (χ1v) is 7.04. The van der Waals surface area contributed by atoms with Crippen molar-refractivity contribution in [3.63, 3.8) is 0 Å². The van der Waals surface area contributed by atoms with Crippen LogP contribution >= 0.6 is 0 Å². The highest BCUT2D eigenvalue weighted by Gasteiger charge is 2.31. The molecule has 1 saturated heterocycles. The van der Waals surface area contributed by atoms with Gasteiger partial charge < -0.3 is 10.1 Å². The van der Waals surface area contributed by atoms with E-state index in [4.69, 9.17) is 4.74 Å². The van der Waals surface area contributed by atoms with Gasteiger partial charge in [0.15, 0.2) is 0 Å². The summed E-state index contributed by atoms with van der Waals surface area (Å²) in [6.45, 7) is 13.5. The molecule has 1 N–H and O–H groups in total. The molecule has 0 saturated carbocycles. The molecule has 1 aliphatic rings. The first kappa shape index (κ1) is 15.4. The van der Waals surface area contributed by atoms with Crippen molar-refractivity contribution in [3.05, 3.63) is 0 Å². The summed E-state index contributed by atoms with van der Waals surface area (Å²) in [7, 11) is 0. The molecule has 0 bridgehead atoms. The molecule has 4 nitrogen and oxygen atoms in total. The van der Waals surface area contributed by atoms with Crippen LogP contribution in [0.5, 0.6) is 0 Å². The molecule has 0 aromatic carbocycles. The number of ether oxygens (including phenoxy) is 1. The maximum absolute atomic E-state index is 11.6. The van der Waals surface area contributed by atoms with Crippen LogP contribution in [0, 0.1) is 11.3 Å². The van der Waals surface area contributed by atoms with E-state index in [2.05, 4.69) is 31.0 Å². The average molecular weight is 256 g/mol. The van der Waals surface area contributed by atoms with E-state index in [1.54, 1.807) is 0 Å². The van der Waals surface area contributed by atoms with E-state index in [9.17, 15) is 4.79 Å². The molecule has 1 aliphatic heterocycles. The maximum atomic E-state index is 11.6. The van der Waals surface area contributed by atoms with E-state index in [0.717, 1.165) is 26.2 Å². The normalized spacial score (nSPS) is 23.9. The first-order valence-electron chi connectivity index (χ1n) is 7.04. The zero-order valence-electron chi connectivity index (χ0n) is 12.3. The van der Waals surface area contributed by atoms with E-state index >= 15 is 0 Å². The van der Waals surface area contributed by atoms with Crippen molar-refractivity contribution in [2.75, 3.05) is 39.3 Å². The molecule has 1 unspecified atom stereocenters. The van der Waals surface area contributed by atoms with Crippen LogP contribution in [0.15, 0.2) is 0 Å². The van der Waals surface area contributed by atoms with Gasteiger partial charge in [0.2, 0.25) is 0 Å². The molecule has 1 rings (SSSR count). The van der Waals surface area contributed by atoms with Crippen LogP contribution in [0.4, 0.5) is 0 Å². The van der Waals surface area contributed by atoms with E-state index in [1.165, 1.54) is 6.42 Å². The van der Waals surface area contributed by atoms with Crippen LogP contribution in [0.1, 0.15) is 34.1 Å². The summed E-state index contributed by atoms with van der Waals surface area (Å²) in [5.74, 6) is 0.463. The molecule has 0 radical (unpaired) electrons. The summed E-state index contributed by atoms with van der Waals surface area (Å²) < 4.78 is 5.06. The van der Waals surface area contributed by atoms with E-state index in [-0.39, 0.29) is 5.97 Å². The predicted molar refractivity (Wildman–Crippen MR) is 73.5 cm³/mol. The van der Waals surface area contributed by atoms with E-state index in [1.807, 2.05) is 6.92 Å². The Kier molecular flexibility index (Phi) is 6.09. The number of esters is 1. The smallest absolute Gasteiger partial charge is 0.320 e. The zero-order valence-corrected chi connectivity index (χ0v) is 12.3. The third-order valence-corrected chi connectivity index (χ3v) is 3.34. The van der Waals surface area contributed by atoms with Crippen LogP contribution in [0.2, 0.25) is 0 Å². The number of carbonyl (C=O) groups excluding carboxylic acids is 1. The minimum atomic E-state index is -0.104. The summed E-state index contributed by atoms with van der Waals surface area (Å²) >= 11 is 0. The van der Waals surface area contributed by atoms with Gasteiger partial charge in [-0.15, -0.1) is 0 Å². The maximum Gasteiger partial charge on any atom is 0.320 e. The number of hydrogen-bond acceptors (Lipinski definition) is 4. The van der Waals surface area contributed by atoms with Gasteiger partial charge in [0.05, 0.1) is 13.2 Å². The average Bonchev–Trinajstić information content (AvgIpc) is 2.63. The van der Waals surface area contributed by atoms with Gasteiger partial charge in [-0.05, 0) is 31.2 Å². The molecular weight excluding hydrogens is 228 g/mol. The summed E-state index contributed by atoms with van der Waals surface area (Å²) in [5.41, 5.74) is 0.293. The molecule has 4 heteroatoms. The molecule has 18 heavy (non-hydrogen) atoms. The highest BCUT2D eigenvalue weighted by molar-refractivity contribution is 5.71. The van der Waals surface area contributed by atoms with Gasteiger partial charge in [-0.2, -0.15) is 0 Å². The highest BCUT2D eigenvalue weighted by atomic mass is 16.5.